The van der Waals surface area contributed by atoms with E-state index in [1.807, 2.05) is 0 Å². The van der Waals surface area contributed by atoms with Crippen LogP contribution in [0.3, 0.4) is 0 Å². The third-order valence-corrected chi connectivity index (χ3v) is 3.46. The van der Waals surface area contributed by atoms with Gasteiger partial charge in [0.2, 0.25) is 0 Å². The Balaban J connectivity index is 0.00000162. The van der Waals surface area contributed by atoms with Crippen molar-refractivity contribution in [3.63, 3.8) is 0 Å². The lowest BCUT2D eigenvalue weighted by Gasteiger charge is -2.26. The van der Waals surface area contributed by atoms with Gasteiger partial charge in [0.15, 0.2) is 5.96 Å². The fourth-order valence-corrected chi connectivity index (χ4v) is 2.08. The summed E-state index contributed by atoms with van der Waals surface area (Å²) in [6.07, 6.45) is 2.30. The van der Waals surface area contributed by atoms with Crippen molar-refractivity contribution in [1.82, 2.24) is 10.2 Å². The van der Waals surface area contributed by atoms with E-state index >= 15 is 0 Å². The van der Waals surface area contributed by atoms with Crippen molar-refractivity contribution in [1.29, 1.82) is 0 Å². The van der Waals surface area contributed by atoms with Gasteiger partial charge in [0.05, 0.1) is 13.2 Å². The Morgan fingerprint density at radius 3 is 2.72 bits per heavy atom. The van der Waals surface area contributed by atoms with Gasteiger partial charge >= 0.3 is 0 Å². The van der Waals surface area contributed by atoms with Gasteiger partial charge in [0, 0.05) is 32.2 Å². The lowest BCUT2D eigenvalue weighted by atomic mass is 10.3. The second kappa shape index (κ2) is 8.16. The van der Waals surface area contributed by atoms with Crippen LogP contribution in [0.1, 0.15) is 19.8 Å². The molecule has 1 saturated heterocycles. The van der Waals surface area contributed by atoms with Gasteiger partial charge in [0.25, 0.3) is 0 Å². The minimum atomic E-state index is 0. The Hall–Kier alpha value is -0.0800. The molecule has 3 N–H and O–H groups in total. The molecule has 0 aromatic rings. The standard InChI is InChI=1S/C12H24N4O.HI/c1-10-9-11(10)15-12(13)14-3-2-4-16-5-7-17-8-6-16;/h10-11H,2-9H2,1H3,(H3,13,14,15);1H. The molecule has 0 spiro atoms. The van der Waals surface area contributed by atoms with Crippen molar-refractivity contribution >= 4 is 29.9 Å². The molecule has 0 aromatic heterocycles. The van der Waals surface area contributed by atoms with Crippen molar-refractivity contribution in [3.8, 4) is 0 Å². The molecule has 0 aromatic carbocycles. The van der Waals surface area contributed by atoms with E-state index in [1.54, 1.807) is 0 Å². The molecule has 2 rings (SSSR count). The topological polar surface area (TPSA) is 62.9 Å². The Morgan fingerprint density at radius 2 is 2.11 bits per heavy atom. The highest BCUT2D eigenvalue weighted by molar-refractivity contribution is 14.0. The second-order valence-corrected chi connectivity index (χ2v) is 5.04. The van der Waals surface area contributed by atoms with Crippen molar-refractivity contribution < 1.29 is 4.74 Å². The lowest BCUT2D eigenvalue weighted by Crippen LogP contribution is -2.37. The molecule has 6 heteroatoms. The van der Waals surface area contributed by atoms with Crippen LogP contribution in [0, 0.1) is 5.92 Å². The Labute approximate surface area is 127 Å². The number of nitrogens with two attached hydrogens (primary N) is 1. The number of hydrogen-bond donors (Lipinski definition) is 2. The van der Waals surface area contributed by atoms with E-state index in [2.05, 4.69) is 22.1 Å². The van der Waals surface area contributed by atoms with Crippen LogP contribution in [0.15, 0.2) is 4.99 Å². The number of nitrogens with one attached hydrogen (secondary N) is 1. The van der Waals surface area contributed by atoms with Crippen LogP contribution in [-0.4, -0.2) is 56.3 Å². The summed E-state index contributed by atoms with van der Waals surface area (Å²) in [4.78, 5) is 6.77. The molecule has 106 valence electrons. The predicted molar refractivity (Wildman–Crippen MR) is 84.5 cm³/mol. The van der Waals surface area contributed by atoms with Crippen molar-refractivity contribution in [3.05, 3.63) is 0 Å². The van der Waals surface area contributed by atoms with E-state index in [4.69, 9.17) is 10.5 Å². The van der Waals surface area contributed by atoms with Crippen LogP contribution in [0.25, 0.3) is 0 Å². The van der Waals surface area contributed by atoms with Gasteiger partial charge in [0.1, 0.15) is 0 Å². The van der Waals surface area contributed by atoms with Crippen molar-refractivity contribution in [2.75, 3.05) is 39.4 Å². The third kappa shape index (κ3) is 5.71. The number of ether oxygens (including phenoxy) is 1. The molecule has 1 saturated carbocycles. The molecule has 18 heavy (non-hydrogen) atoms. The van der Waals surface area contributed by atoms with Gasteiger partial charge in [-0.2, -0.15) is 0 Å². The molecule has 0 amide bonds. The van der Waals surface area contributed by atoms with Crippen molar-refractivity contribution in [2.45, 2.75) is 25.8 Å². The highest BCUT2D eigenvalue weighted by atomic mass is 127. The largest absolute Gasteiger partial charge is 0.379 e. The highest BCUT2D eigenvalue weighted by Gasteiger charge is 2.32. The summed E-state index contributed by atoms with van der Waals surface area (Å²) in [5, 5.41) is 3.24. The average Bonchev–Trinajstić information content (AvgIpc) is 3.02. The number of guanidine groups is 1. The SMILES string of the molecule is CC1CC1NC(N)=NCCCN1CCOCC1.I. The van der Waals surface area contributed by atoms with Crippen LogP contribution in [0.5, 0.6) is 0 Å². The number of aliphatic imine (C=N–C) groups is 1. The Bertz CT molecular complexity index is 269. The fourth-order valence-electron chi connectivity index (χ4n) is 2.08. The molecule has 2 atom stereocenters. The number of nitrogens with zero attached hydrogens (tertiary/aromatic N) is 2. The maximum atomic E-state index is 5.80. The summed E-state index contributed by atoms with van der Waals surface area (Å²) >= 11 is 0. The molecule has 2 aliphatic rings. The van der Waals surface area contributed by atoms with E-state index in [9.17, 15) is 0 Å². The van der Waals surface area contributed by atoms with E-state index in [0.717, 1.165) is 51.7 Å². The first-order valence-electron chi connectivity index (χ1n) is 6.62. The van der Waals surface area contributed by atoms with Gasteiger partial charge in [-0.1, -0.05) is 6.92 Å². The maximum Gasteiger partial charge on any atom is 0.188 e. The van der Waals surface area contributed by atoms with Crippen LogP contribution in [0.4, 0.5) is 0 Å². The molecule has 5 nitrogen and oxygen atoms in total. The van der Waals surface area contributed by atoms with Gasteiger partial charge < -0.3 is 15.8 Å². The number of rotatable bonds is 5. The minimum Gasteiger partial charge on any atom is -0.379 e. The first-order valence-corrected chi connectivity index (χ1v) is 6.62. The normalized spacial score (nSPS) is 28.6. The van der Waals surface area contributed by atoms with Gasteiger partial charge in [-0.15, -0.1) is 24.0 Å². The summed E-state index contributed by atoms with van der Waals surface area (Å²) in [6, 6.07) is 0.568. The predicted octanol–water partition coefficient (Wildman–Crippen LogP) is 0.639. The Kier molecular flexibility index (Phi) is 7.25. The molecule has 2 unspecified atom stereocenters. The molecular formula is C12H25IN4O. The van der Waals surface area contributed by atoms with Gasteiger partial charge in [-0.3, -0.25) is 9.89 Å². The fraction of sp³-hybridized carbons (Fsp3) is 0.917. The maximum absolute atomic E-state index is 5.80. The summed E-state index contributed by atoms with van der Waals surface area (Å²) in [5.74, 6) is 1.37. The average molecular weight is 368 g/mol. The second-order valence-electron chi connectivity index (χ2n) is 5.04. The molecule has 0 bridgehead atoms. The van der Waals surface area contributed by atoms with Crippen LogP contribution < -0.4 is 11.1 Å². The van der Waals surface area contributed by atoms with Crippen LogP contribution >= 0.6 is 24.0 Å². The molecule has 1 heterocycles. The monoisotopic (exact) mass is 368 g/mol. The number of halogens is 1. The van der Waals surface area contributed by atoms with Gasteiger partial charge in [-0.05, 0) is 18.8 Å². The number of hydrogen-bond acceptors (Lipinski definition) is 3. The zero-order valence-electron chi connectivity index (χ0n) is 11.1. The summed E-state index contributed by atoms with van der Waals surface area (Å²) in [6.45, 7) is 7.98. The Morgan fingerprint density at radius 1 is 1.44 bits per heavy atom. The highest BCUT2D eigenvalue weighted by Crippen LogP contribution is 2.28. The molecule has 0 radical (unpaired) electrons. The lowest BCUT2D eigenvalue weighted by molar-refractivity contribution is 0.0377. The molecule has 2 fully saturated rings. The molecular weight excluding hydrogens is 343 g/mol. The number of morpholine rings is 1. The van der Waals surface area contributed by atoms with E-state index in [0.29, 0.717) is 12.0 Å². The van der Waals surface area contributed by atoms with E-state index < -0.39 is 0 Å². The smallest absolute Gasteiger partial charge is 0.188 e. The first kappa shape index (κ1) is 16.0. The third-order valence-electron chi connectivity index (χ3n) is 3.46. The minimum absolute atomic E-state index is 0. The molecule has 1 aliphatic heterocycles. The van der Waals surface area contributed by atoms with Gasteiger partial charge in [-0.25, -0.2) is 0 Å². The zero-order chi connectivity index (χ0) is 12.1. The summed E-state index contributed by atoms with van der Waals surface area (Å²) in [5.41, 5.74) is 5.80. The first-order chi connectivity index (χ1) is 8.25. The van der Waals surface area contributed by atoms with E-state index in [-0.39, 0.29) is 24.0 Å². The van der Waals surface area contributed by atoms with Crippen LogP contribution in [-0.2, 0) is 4.74 Å². The quantitative estimate of drug-likeness (QED) is 0.324. The van der Waals surface area contributed by atoms with Crippen LogP contribution in [0.2, 0.25) is 0 Å². The zero-order valence-corrected chi connectivity index (χ0v) is 13.4. The van der Waals surface area contributed by atoms with E-state index in [1.165, 1.54) is 6.42 Å². The molecule has 1 aliphatic carbocycles. The summed E-state index contributed by atoms with van der Waals surface area (Å²) in [7, 11) is 0. The summed E-state index contributed by atoms with van der Waals surface area (Å²) < 4.78 is 5.31. The van der Waals surface area contributed by atoms with Crippen molar-refractivity contribution in [2.24, 2.45) is 16.6 Å².